The van der Waals surface area contributed by atoms with Crippen LogP contribution in [-0.2, 0) is 16.0 Å². The van der Waals surface area contributed by atoms with E-state index in [4.69, 9.17) is 9.47 Å². The molecule has 1 aromatic carbocycles. The van der Waals surface area contributed by atoms with Gasteiger partial charge in [-0.1, -0.05) is 12.1 Å². The zero-order valence-electron chi connectivity index (χ0n) is 10.3. The maximum atomic E-state index is 12.0. The monoisotopic (exact) mass is 234 g/mol. The molecule has 0 amide bonds. The van der Waals surface area contributed by atoms with Crippen LogP contribution < -0.4 is 4.74 Å². The first-order chi connectivity index (χ1) is 8.19. The van der Waals surface area contributed by atoms with Crippen LogP contribution in [0.15, 0.2) is 24.3 Å². The molecule has 0 spiro atoms. The third-order valence-corrected chi connectivity index (χ3v) is 3.17. The molecule has 0 bridgehead atoms. The molecule has 0 aromatic heterocycles. The highest BCUT2D eigenvalue weighted by molar-refractivity contribution is 5.83. The molecule has 3 nitrogen and oxygen atoms in total. The van der Waals surface area contributed by atoms with Crippen molar-refractivity contribution in [1.29, 1.82) is 0 Å². The Hall–Kier alpha value is -1.35. The van der Waals surface area contributed by atoms with Gasteiger partial charge in [0.2, 0.25) is 0 Å². The fraction of sp³-hybridized carbons (Fsp3) is 0.500. The van der Waals surface area contributed by atoms with Gasteiger partial charge in [0.15, 0.2) is 0 Å². The minimum atomic E-state index is 0.0659. The first-order valence-electron chi connectivity index (χ1n) is 5.96. The van der Waals surface area contributed by atoms with E-state index in [0.29, 0.717) is 13.0 Å². The van der Waals surface area contributed by atoms with Crippen molar-refractivity contribution in [3.63, 3.8) is 0 Å². The summed E-state index contributed by atoms with van der Waals surface area (Å²) < 4.78 is 10.6. The summed E-state index contributed by atoms with van der Waals surface area (Å²) in [6.07, 6.45) is 1.54. The topological polar surface area (TPSA) is 35.5 Å². The Morgan fingerprint density at radius 3 is 3.00 bits per heavy atom. The number of ether oxygens (including phenoxy) is 2. The Balaban J connectivity index is 1.98. The van der Waals surface area contributed by atoms with Crippen molar-refractivity contribution in [2.24, 2.45) is 5.92 Å². The molecule has 92 valence electrons. The molecular weight excluding hydrogens is 216 g/mol. The van der Waals surface area contributed by atoms with E-state index in [0.717, 1.165) is 17.7 Å². The summed E-state index contributed by atoms with van der Waals surface area (Å²) >= 11 is 0. The van der Waals surface area contributed by atoms with Gasteiger partial charge < -0.3 is 9.47 Å². The molecule has 0 N–H and O–H groups in total. The summed E-state index contributed by atoms with van der Waals surface area (Å²) in [5.41, 5.74) is 1.01. The molecular formula is C14H18O3. The third kappa shape index (κ3) is 3.07. The molecule has 1 heterocycles. The fourth-order valence-electron chi connectivity index (χ4n) is 2.17. The lowest BCUT2D eigenvalue weighted by atomic mass is 9.96. The summed E-state index contributed by atoms with van der Waals surface area (Å²) in [5, 5.41) is 0. The molecule has 3 heteroatoms. The Morgan fingerprint density at radius 2 is 2.35 bits per heavy atom. The molecule has 0 radical (unpaired) electrons. The van der Waals surface area contributed by atoms with Gasteiger partial charge in [-0.2, -0.15) is 0 Å². The van der Waals surface area contributed by atoms with Gasteiger partial charge in [-0.25, -0.2) is 0 Å². The lowest BCUT2D eigenvalue weighted by Crippen LogP contribution is -2.17. The average molecular weight is 234 g/mol. The largest absolute Gasteiger partial charge is 0.497 e. The molecule has 2 unspecified atom stereocenters. The SMILES string of the molecule is COc1cccc(CC(=O)C2COC(C)C2)c1. The van der Waals surface area contributed by atoms with Crippen LogP contribution in [0.1, 0.15) is 18.9 Å². The van der Waals surface area contributed by atoms with Crippen molar-refractivity contribution in [3.05, 3.63) is 29.8 Å². The molecule has 2 atom stereocenters. The van der Waals surface area contributed by atoms with Gasteiger partial charge in [0.1, 0.15) is 11.5 Å². The Labute approximate surface area is 102 Å². The first-order valence-corrected chi connectivity index (χ1v) is 5.96. The number of ketones is 1. The molecule has 0 saturated carbocycles. The standard InChI is InChI=1S/C14H18O3/c1-10-6-12(9-17-10)14(15)8-11-4-3-5-13(7-11)16-2/h3-5,7,10,12H,6,8-9H2,1-2H3. The predicted molar refractivity (Wildman–Crippen MR) is 65.2 cm³/mol. The third-order valence-electron chi connectivity index (χ3n) is 3.17. The van der Waals surface area contributed by atoms with Crippen LogP contribution in [0, 0.1) is 5.92 Å². The van der Waals surface area contributed by atoms with E-state index in [1.54, 1.807) is 7.11 Å². The minimum absolute atomic E-state index is 0.0659. The van der Waals surface area contributed by atoms with Gasteiger partial charge in [0.05, 0.1) is 19.8 Å². The zero-order chi connectivity index (χ0) is 12.3. The number of carbonyl (C=O) groups excluding carboxylic acids is 1. The summed E-state index contributed by atoms with van der Waals surface area (Å²) in [5.74, 6) is 1.13. The smallest absolute Gasteiger partial charge is 0.142 e. The maximum Gasteiger partial charge on any atom is 0.142 e. The first kappa shape index (κ1) is 12.1. The van der Waals surface area contributed by atoms with E-state index in [1.807, 2.05) is 31.2 Å². The Bertz CT molecular complexity index is 400. The van der Waals surface area contributed by atoms with E-state index in [1.165, 1.54) is 0 Å². The number of methoxy groups -OCH3 is 1. The van der Waals surface area contributed by atoms with E-state index >= 15 is 0 Å². The number of rotatable bonds is 4. The molecule has 0 aliphatic carbocycles. The molecule has 17 heavy (non-hydrogen) atoms. The summed E-state index contributed by atoms with van der Waals surface area (Å²) in [6.45, 7) is 2.59. The van der Waals surface area contributed by atoms with Crippen LogP contribution in [0.25, 0.3) is 0 Å². The highest BCUT2D eigenvalue weighted by Crippen LogP contribution is 2.22. The summed E-state index contributed by atoms with van der Waals surface area (Å²) in [4.78, 5) is 12.0. The number of carbonyl (C=O) groups is 1. The second kappa shape index (κ2) is 5.32. The van der Waals surface area contributed by atoms with Crippen LogP contribution in [0.4, 0.5) is 0 Å². The van der Waals surface area contributed by atoms with Crippen LogP contribution in [0.2, 0.25) is 0 Å². The lowest BCUT2D eigenvalue weighted by Gasteiger charge is -2.07. The number of benzene rings is 1. The van der Waals surface area contributed by atoms with E-state index in [2.05, 4.69) is 0 Å². The van der Waals surface area contributed by atoms with Crippen molar-refractivity contribution in [2.45, 2.75) is 25.9 Å². The number of hydrogen-bond acceptors (Lipinski definition) is 3. The fourth-order valence-corrected chi connectivity index (χ4v) is 2.17. The Kier molecular flexibility index (Phi) is 3.79. The highest BCUT2D eigenvalue weighted by atomic mass is 16.5. The number of Topliss-reactive ketones (excluding diaryl/α,β-unsaturated/α-hetero) is 1. The van der Waals surface area contributed by atoms with Gasteiger partial charge in [-0.3, -0.25) is 4.79 Å². The zero-order valence-corrected chi connectivity index (χ0v) is 10.3. The minimum Gasteiger partial charge on any atom is -0.497 e. The van der Waals surface area contributed by atoms with Crippen molar-refractivity contribution < 1.29 is 14.3 Å². The average Bonchev–Trinajstić information content (AvgIpc) is 2.76. The maximum absolute atomic E-state index is 12.0. The van der Waals surface area contributed by atoms with Gasteiger partial charge in [-0.05, 0) is 31.0 Å². The van der Waals surface area contributed by atoms with E-state index in [9.17, 15) is 4.79 Å². The molecule has 2 rings (SSSR count). The van der Waals surface area contributed by atoms with Crippen molar-refractivity contribution in [2.75, 3.05) is 13.7 Å². The summed E-state index contributed by atoms with van der Waals surface area (Å²) in [7, 11) is 1.63. The van der Waals surface area contributed by atoms with Crippen molar-refractivity contribution in [1.82, 2.24) is 0 Å². The van der Waals surface area contributed by atoms with Gasteiger partial charge in [0.25, 0.3) is 0 Å². The summed E-state index contributed by atoms with van der Waals surface area (Å²) in [6, 6.07) is 7.67. The Morgan fingerprint density at radius 1 is 1.53 bits per heavy atom. The van der Waals surface area contributed by atoms with E-state index in [-0.39, 0.29) is 17.8 Å². The normalized spacial score (nSPS) is 23.6. The second-order valence-corrected chi connectivity index (χ2v) is 4.57. The molecule has 1 saturated heterocycles. The van der Waals surface area contributed by atoms with E-state index < -0.39 is 0 Å². The molecule has 1 fully saturated rings. The van der Waals surface area contributed by atoms with Crippen LogP contribution >= 0.6 is 0 Å². The quantitative estimate of drug-likeness (QED) is 0.801. The second-order valence-electron chi connectivity index (χ2n) is 4.57. The highest BCUT2D eigenvalue weighted by Gasteiger charge is 2.27. The van der Waals surface area contributed by atoms with Gasteiger partial charge in [-0.15, -0.1) is 0 Å². The van der Waals surface area contributed by atoms with Crippen LogP contribution in [0.3, 0.4) is 0 Å². The van der Waals surface area contributed by atoms with Crippen molar-refractivity contribution >= 4 is 5.78 Å². The van der Waals surface area contributed by atoms with Gasteiger partial charge in [0, 0.05) is 12.3 Å². The predicted octanol–water partition coefficient (Wildman–Crippen LogP) is 2.23. The number of hydrogen-bond donors (Lipinski definition) is 0. The molecule has 1 aliphatic heterocycles. The van der Waals surface area contributed by atoms with Crippen LogP contribution in [0.5, 0.6) is 5.75 Å². The van der Waals surface area contributed by atoms with Crippen LogP contribution in [-0.4, -0.2) is 25.6 Å². The van der Waals surface area contributed by atoms with Gasteiger partial charge >= 0.3 is 0 Å². The molecule has 1 aromatic rings. The lowest BCUT2D eigenvalue weighted by molar-refractivity contribution is -0.122. The molecule has 1 aliphatic rings. The van der Waals surface area contributed by atoms with Crippen molar-refractivity contribution in [3.8, 4) is 5.75 Å².